The molecule has 0 spiro atoms. The van der Waals surface area contributed by atoms with Gasteiger partial charge >= 0.3 is 0 Å². The summed E-state index contributed by atoms with van der Waals surface area (Å²) in [6, 6.07) is 11.1. The molecular formula is C17H18N4O2. The van der Waals surface area contributed by atoms with Crippen molar-refractivity contribution < 1.29 is 9.47 Å². The maximum absolute atomic E-state index is 5.82. The van der Waals surface area contributed by atoms with Crippen LogP contribution in [0.1, 0.15) is 17.1 Å². The first-order valence-electron chi connectivity index (χ1n) is 7.26. The SMILES string of the molecule is COc1ccc(Oc2cc(C)nc(-n3nc(C)cc3C)n2)cc1. The zero-order valence-electron chi connectivity index (χ0n) is 13.6. The zero-order valence-corrected chi connectivity index (χ0v) is 13.6. The van der Waals surface area contributed by atoms with Crippen LogP contribution in [0.25, 0.3) is 5.95 Å². The molecule has 0 bridgehead atoms. The van der Waals surface area contributed by atoms with Crippen LogP contribution in [0.5, 0.6) is 17.4 Å². The summed E-state index contributed by atoms with van der Waals surface area (Å²) in [4.78, 5) is 8.89. The molecule has 0 fully saturated rings. The molecule has 0 saturated heterocycles. The number of aryl methyl sites for hydroxylation is 3. The molecule has 1 aromatic carbocycles. The summed E-state index contributed by atoms with van der Waals surface area (Å²) in [6.07, 6.45) is 0. The molecule has 0 atom stereocenters. The van der Waals surface area contributed by atoms with Crippen LogP contribution < -0.4 is 9.47 Å². The molecule has 0 aliphatic rings. The Morgan fingerprint density at radius 3 is 2.17 bits per heavy atom. The summed E-state index contributed by atoms with van der Waals surface area (Å²) in [5, 5.41) is 4.41. The van der Waals surface area contributed by atoms with E-state index in [1.165, 1.54) is 0 Å². The third-order valence-electron chi connectivity index (χ3n) is 3.30. The molecule has 3 rings (SSSR count). The van der Waals surface area contributed by atoms with Gasteiger partial charge in [0.1, 0.15) is 11.5 Å². The second kappa shape index (κ2) is 6.08. The minimum atomic E-state index is 0.477. The van der Waals surface area contributed by atoms with Crippen LogP contribution in [-0.2, 0) is 0 Å². The molecule has 0 radical (unpaired) electrons. The van der Waals surface area contributed by atoms with Gasteiger partial charge in [-0.3, -0.25) is 0 Å². The van der Waals surface area contributed by atoms with E-state index in [1.54, 1.807) is 17.9 Å². The quantitative estimate of drug-likeness (QED) is 0.739. The average Bonchev–Trinajstić information content (AvgIpc) is 2.86. The van der Waals surface area contributed by atoms with Crippen molar-refractivity contribution >= 4 is 0 Å². The van der Waals surface area contributed by atoms with E-state index < -0.39 is 0 Å². The fourth-order valence-electron chi connectivity index (χ4n) is 2.27. The van der Waals surface area contributed by atoms with E-state index in [0.717, 1.165) is 22.8 Å². The minimum absolute atomic E-state index is 0.477. The molecule has 118 valence electrons. The summed E-state index contributed by atoms with van der Waals surface area (Å²) in [5.41, 5.74) is 2.71. The number of hydrogen-bond acceptors (Lipinski definition) is 5. The lowest BCUT2D eigenvalue weighted by Crippen LogP contribution is -2.06. The lowest BCUT2D eigenvalue weighted by atomic mass is 10.3. The Bertz CT molecular complexity index is 825. The van der Waals surface area contributed by atoms with Crippen molar-refractivity contribution in [2.45, 2.75) is 20.8 Å². The zero-order chi connectivity index (χ0) is 16.4. The highest BCUT2D eigenvalue weighted by molar-refractivity contribution is 5.34. The van der Waals surface area contributed by atoms with E-state index in [4.69, 9.17) is 9.47 Å². The largest absolute Gasteiger partial charge is 0.497 e. The van der Waals surface area contributed by atoms with Crippen LogP contribution >= 0.6 is 0 Å². The molecule has 0 amide bonds. The Kier molecular flexibility index (Phi) is 3.97. The van der Waals surface area contributed by atoms with E-state index >= 15 is 0 Å². The van der Waals surface area contributed by atoms with Gasteiger partial charge in [-0.05, 0) is 51.1 Å². The Morgan fingerprint density at radius 1 is 0.870 bits per heavy atom. The van der Waals surface area contributed by atoms with Gasteiger partial charge in [-0.25, -0.2) is 9.67 Å². The lowest BCUT2D eigenvalue weighted by Gasteiger charge is -2.09. The third-order valence-corrected chi connectivity index (χ3v) is 3.30. The highest BCUT2D eigenvalue weighted by Crippen LogP contribution is 2.23. The fourth-order valence-corrected chi connectivity index (χ4v) is 2.27. The van der Waals surface area contributed by atoms with Gasteiger partial charge in [0, 0.05) is 17.5 Å². The number of nitrogens with zero attached hydrogens (tertiary/aromatic N) is 4. The first-order chi connectivity index (χ1) is 11.0. The van der Waals surface area contributed by atoms with Crippen LogP contribution in [-0.4, -0.2) is 26.9 Å². The van der Waals surface area contributed by atoms with Crippen LogP contribution in [0.2, 0.25) is 0 Å². The maximum Gasteiger partial charge on any atom is 0.254 e. The van der Waals surface area contributed by atoms with Crippen molar-refractivity contribution in [3.05, 3.63) is 53.5 Å². The summed E-state index contributed by atoms with van der Waals surface area (Å²) in [5.74, 6) is 2.44. The number of rotatable bonds is 4. The molecule has 6 nitrogen and oxygen atoms in total. The van der Waals surface area contributed by atoms with Crippen molar-refractivity contribution in [1.82, 2.24) is 19.7 Å². The van der Waals surface area contributed by atoms with E-state index in [9.17, 15) is 0 Å². The second-order valence-corrected chi connectivity index (χ2v) is 5.26. The Labute approximate surface area is 134 Å². The van der Waals surface area contributed by atoms with Gasteiger partial charge in [0.15, 0.2) is 0 Å². The number of benzene rings is 1. The molecular weight excluding hydrogens is 292 g/mol. The van der Waals surface area contributed by atoms with Gasteiger partial charge in [-0.2, -0.15) is 10.1 Å². The Hall–Kier alpha value is -2.89. The highest BCUT2D eigenvalue weighted by atomic mass is 16.5. The van der Waals surface area contributed by atoms with Crippen molar-refractivity contribution in [2.75, 3.05) is 7.11 Å². The maximum atomic E-state index is 5.82. The van der Waals surface area contributed by atoms with Crippen molar-refractivity contribution in [3.8, 4) is 23.3 Å². The predicted octanol–water partition coefficient (Wildman–Crippen LogP) is 3.39. The fraction of sp³-hybridized carbons (Fsp3) is 0.235. The Balaban J connectivity index is 1.92. The molecule has 0 aliphatic carbocycles. The molecule has 0 unspecified atom stereocenters. The van der Waals surface area contributed by atoms with Crippen LogP contribution in [0.4, 0.5) is 0 Å². The smallest absolute Gasteiger partial charge is 0.254 e. The van der Waals surface area contributed by atoms with E-state index in [1.807, 2.05) is 51.1 Å². The minimum Gasteiger partial charge on any atom is -0.497 e. The molecule has 0 saturated carbocycles. The Morgan fingerprint density at radius 2 is 1.57 bits per heavy atom. The molecule has 2 heterocycles. The van der Waals surface area contributed by atoms with E-state index in [0.29, 0.717) is 17.6 Å². The van der Waals surface area contributed by atoms with Gasteiger partial charge in [-0.15, -0.1) is 0 Å². The predicted molar refractivity (Wildman–Crippen MR) is 86.4 cm³/mol. The molecule has 6 heteroatoms. The standard InChI is InChI=1S/C17H18N4O2/c1-11-10-16(23-15-7-5-14(22-4)6-8-15)19-17(18-11)21-13(3)9-12(2)20-21/h5-10H,1-4H3. The first-order valence-corrected chi connectivity index (χ1v) is 7.26. The van der Waals surface area contributed by atoms with E-state index in [2.05, 4.69) is 15.1 Å². The first kappa shape index (κ1) is 15.0. The number of ether oxygens (including phenoxy) is 2. The van der Waals surface area contributed by atoms with Gasteiger partial charge in [0.05, 0.1) is 12.8 Å². The number of aromatic nitrogens is 4. The monoisotopic (exact) mass is 310 g/mol. The van der Waals surface area contributed by atoms with Crippen molar-refractivity contribution in [2.24, 2.45) is 0 Å². The second-order valence-electron chi connectivity index (χ2n) is 5.26. The molecule has 0 aliphatic heterocycles. The van der Waals surface area contributed by atoms with Crippen LogP contribution in [0.3, 0.4) is 0 Å². The van der Waals surface area contributed by atoms with Crippen molar-refractivity contribution in [3.63, 3.8) is 0 Å². The van der Waals surface area contributed by atoms with Gasteiger partial charge in [0.25, 0.3) is 5.95 Å². The summed E-state index contributed by atoms with van der Waals surface area (Å²) in [6.45, 7) is 5.81. The average molecular weight is 310 g/mol. The van der Waals surface area contributed by atoms with Gasteiger partial charge in [0.2, 0.25) is 5.88 Å². The molecule has 23 heavy (non-hydrogen) atoms. The highest BCUT2D eigenvalue weighted by Gasteiger charge is 2.10. The van der Waals surface area contributed by atoms with Crippen LogP contribution in [0.15, 0.2) is 36.4 Å². The summed E-state index contributed by atoms with van der Waals surface area (Å²) < 4.78 is 12.7. The lowest BCUT2D eigenvalue weighted by molar-refractivity contribution is 0.412. The summed E-state index contributed by atoms with van der Waals surface area (Å²) in [7, 11) is 1.63. The molecule has 0 N–H and O–H groups in total. The number of methoxy groups -OCH3 is 1. The van der Waals surface area contributed by atoms with Gasteiger partial charge in [-0.1, -0.05) is 0 Å². The van der Waals surface area contributed by atoms with Gasteiger partial charge < -0.3 is 9.47 Å². The van der Waals surface area contributed by atoms with Crippen molar-refractivity contribution in [1.29, 1.82) is 0 Å². The topological polar surface area (TPSA) is 62.1 Å². The van der Waals surface area contributed by atoms with Crippen LogP contribution in [0, 0.1) is 20.8 Å². The normalized spacial score (nSPS) is 10.6. The number of hydrogen-bond donors (Lipinski definition) is 0. The molecule has 2 aromatic heterocycles. The third kappa shape index (κ3) is 3.31. The van der Waals surface area contributed by atoms with E-state index in [-0.39, 0.29) is 0 Å². The summed E-state index contributed by atoms with van der Waals surface area (Å²) >= 11 is 0. The molecule has 3 aromatic rings.